The van der Waals surface area contributed by atoms with Gasteiger partial charge in [0.2, 0.25) is 0 Å². The van der Waals surface area contributed by atoms with Gasteiger partial charge in [0.05, 0.1) is 5.97 Å². The third kappa shape index (κ3) is 3.30. The molecule has 0 bridgehead atoms. The van der Waals surface area contributed by atoms with Gasteiger partial charge in [-0.2, -0.15) is 0 Å². The second-order valence-corrected chi connectivity index (χ2v) is 5.23. The summed E-state index contributed by atoms with van der Waals surface area (Å²) in [6, 6.07) is 13.8. The Hall–Kier alpha value is -3.48. The number of aromatic nitrogens is 3. The van der Waals surface area contributed by atoms with E-state index in [9.17, 15) is 9.90 Å². The lowest BCUT2D eigenvalue weighted by Gasteiger charge is -2.10. The standard InChI is InChI=1S/C17H15N5O2/c1-10-5-7-11(8-6-10)15-20-14(18)16(22-21-15)19-13-4-2-3-12(9-13)17(23)24/h2-9H,1H3,(H,19,22)(H,23,24)(H2,18,20,21)/p-1. The molecular weight excluding hydrogens is 306 g/mol. The van der Waals surface area contributed by atoms with Crippen LogP contribution in [0.1, 0.15) is 15.9 Å². The topological polar surface area (TPSA) is 117 Å². The van der Waals surface area contributed by atoms with Crippen LogP contribution in [0.2, 0.25) is 0 Å². The summed E-state index contributed by atoms with van der Waals surface area (Å²) in [6.45, 7) is 1.99. The average Bonchev–Trinajstić information content (AvgIpc) is 2.58. The predicted molar refractivity (Wildman–Crippen MR) is 88.5 cm³/mol. The average molecular weight is 320 g/mol. The highest BCUT2D eigenvalue weighted by atomic mass is 16.4. The Morgan fingerprint density at radius 3 is 2.54 bits per heavy atom. The third-order valence-corrected chi connectivity index (χ3v) is 3.38. The predicted octanol–water partition coefficient (Wildman–Crippen LogP) is 1.54. The van der Waals surface area contributed by atoms with Crippen LogP contribution in [0.25, 0.3) is 11.4 Å². The number of benzene rings is 2. The molecule has 0 saturated heterocycles. The number of nitrogen functional groups attached to an aromatic ring is 1. The molecular formula is C17H14N5O2-. The number of carboxylic acids is 1. The molecule has 0 aliphatic carbocycles. The number of hydrogen-bond donors (Lipinski definition) is 2. The molecule has 0 spiro atoms. The number of nitrogens with two attached hydrogens (primary N) is 1. The van der Waals surface area contributed by atoms with Crippen molar-refractivity contribution in [1.82, 2.24) is 15.2 Å². The SMILES string of the molecule is Cc1ccc(-c2nnc(Nc3cccc(C(=O)[O-])c3)c(N)n2)cc1. The Bertz CT molecular complexity index is 894. The van der Waals surface area contributed by atoms with Crippen LogP contribution in [0.5, 0.6) is 0 Å². The molecule has 3 aromatic rings. The highest BCUT2D eigenvalue weighted by Crippen LogP contribution is 2.22. The van der Waals surface area contributed by atoms with Gasteiger partial charge in [0.1, 0.15) is 0 Å². The van der Waals surface area contributed by atoms with E-state index in [2.05, 4.69) is 20.5 Å². The summed E-state index contributed by atoms with van der Waals surface area (Å²) in [5.74, 6) is -0.423. The van der Waals surface area contributed by atoms with Crippen molar-refractivity contribution in [1.29, 1.82) is 0 Å². The van der Waals surface area contributed by atoms with Crippen molar-refractivity contribution in [2.75, 3.05) is 11.1 Å². The number of carboxylic acid groups (broad SMARTS) is 1. The van der Waals surface area contributed by atoms with Gasteiger partial charge in [-0.15, -0.1) is 10.2 Å². The minimum atomic E-state index is -1.26. The quantitative estimate of drug-likeness (QED) is 0.748. The summed E-state index contributed by atoms with van der Waals surface area (Å²) in [7, 11) is 0. The van der Waals surface area contributed by atoms with E-state index in [-0.39, 0.29) is 17.2 Å². The molecule has 2 aromatic carbocycles. The van der Waals surface area contributed by atoms with Gasteiger partial charge in [-0.25, -0.2) is 4.98 Å². The summed E-state index contributed by atoms with van der Waals surface area (Å²) in [5, 5.41) is 21.9. The molecule has 0 radical (unpaired) electrons. The van der Waals surface area contributed by atoms with Crippen LogP contribution in [-0.4, -0.2) is 21.2 Å². The molecule has 0 unspecified atom stereocenters. The fraction of sp³-hybridized carbons (Fsp3) is 0.0588. The summed E-state index contributed by atoms with van der Waals surface area (Å²) >= 11 is 0. The minimum Gasteiger partial charge on any atom is -0.545 e. The first-order valence-electron chi connectivity index (χ1n) is 7.18. The number of hydrogen-bond acceptors (Lipinski definition) is 7. The molecule has 1 aromatic heterocycles. The van der Waals surface area contributed by atoms with Gasteiger partial charge in [0.15, 0.2) is 17.5 Å². The van der Waals surface area contributed by atoms with Crippen LogP contribution in [0, 0.1) is 6.92 Å². The largest absolute Gasteiger partial charge is 0.545 e. The van der Waals surface area contributed by atoms with Gasteiger partial charge in [0, 0.05) is 11.3 Å². The second-order valence-electron chi connectivity index (χ2n) is 5.23. The maximum atomic E-state index is 10.9. The molecule has 120 valence electrons. The van der Waals surface area contributed by atoms with E-state index >= 15 is 0 Å². The second kappa shape index (κ2) is 6.33. The van der Waals surface area contributed by atoms with Crippen molar-refractivity contribution >= 4 is 23.3 Å². The molecule has 0 fully saturated rings. The molecule has 7 nitrogen and oxygen atoms in total. The van der Waals surface area contributed by atoms with Crippen molar-refractivity contribution < 1.29 is 9.90 Å². The highest BCUT2D eigenvalue weighted by Gasteiger charge is 2.09. The third-order valence-electron chi connectivity index (χ3n) is 3.38. The van der Waals surface area contributed by atoms with Gasteiger partial charge in [-0.3, -0.25) is 0 Å². The van der Waals surface area contributed by atoms with E-state index in [0.717, 1.165) is 11.1 Å². The number of rotatable bonds is 4. The summed E-state index contributed by atoms with van der Waals surface area (Å²) in [4.78, 5) is 15.1. The molecule has 0 aliphatic heterocycles. The summed E-state index contributed by atoms with van der Waals surface area (Å²) in [5.41, 5.74) is 8.42. The Morgan fingerprint density at radius 2 is 1.88 bits per heavy atom. The fourth-order valence-corrected chi connectivity index (χ4v) is 2.11. The lowest BCUT2D eigenvalue weighted by Crippen LogP contribution is -2.22. The first-order valence-corrected chi connectivity index (χ1v) is 7.18. The van der Waals surface area contributed by atoms with Crippen LogP contribution in [0.15, 0.2) is 48.5 Å². The Labute approximate surface area is 138 Å². The number of anilines is 3. The van der Waals surface area contributed by atoms with Crippen molar-refractivity contribution in [2.45, 2.75) is 6.92 Å². The number of aromatic carboxylic acids is 1. The van der Waals surface area contributed by atoms with Crippen LogP contribution < -0.4 is 16.2 Å². The smallest absolute Gasteiger partial charge is 0.195 e. The van der Waals surface area contributed by atoms with Gasteiger partial charge in [-0.1, -0.05) is 42.0 Å². The molecule has 1 heterocycles. The Morgan fingerprint density at radius 1 is 1.12 bits per heavy atom. The van der Waals surface area contributed by atoms with Crippen molar-refractivity contribution in [3.63, 3.8) is 0 Å². The van der Waals surface area contributed by atoms with Gasteiger partial charge in [-0.05, 0) is 24.6 Å². The molecule has 0 atom stereocenters. The van der Waals surface area contributed by atoms with E-state index in [1.807, 2.05) is 31.2 Å². The van der Waals surface area contributed by atoms with E-state index < -0.39 is 5.97 Å². The minimum absolute atomic E-state index is 0.0516. The van der Waals surface area contributed by atoms with Crippen LogP contribution in [-0.2, 0) is 0 Å². The van der Waals surface area contributed by atoms with Crippen LogP contribution in [0.4, 0.5) is 17.3 Å². The number of nitrogens with one attached hydrogen (secondary N) is 1. The first kappa shape index (κ1) is 15.4. The molecule has 0 saturated carbocycles. The molecule has 0 amide bonds. The van der Waals surface area contributed by atoms with Crippen LogP contribution >= 0.6 is 0 Å². The van der Waals surface area contributed by atoms with Gasteiger partial charge in [0.25, 0.3) is 0 Å². The fourth-order valence-electron chi connectivity index (χ4n) is 2.11. The molecule has 3 rings (SSSR count). The van der Waals surface area contributed by atoms with Gasteiger partial charge >= 0.3 is 0 Å². The van der Waals surface area contributed by atoms with Gasteiger partial charge < -0.3 is 21.0 Å². The zero-order chi connectivity index (χ0) is 17.1. The summed E-state index contributed by atoms with van der Waals surface area (Å²) < 4.78 is 0. The number of aryl methyl sites for hydroxylation is 1. The lowest BCUT2D eigenvalue weighted by molar-refractivity contribution is -0.255. The van der Waals surface area contributed by atoms with Crippen molar-refractivity contribution in [2.24, 2.45) is 0 Å². The molecule has 7 heteroatoms. The monoisotopic (exact) mass is 320 g/mol. The first-order chi connectivity index (χ1) is 11.5. The number of carbonyl (C=O) groups excluding carboxylic acids is 1. The molecule has 0 aliphatic rings. The number of nitrogens with zero attached hydrogens (tertiary/aromatic N) is 3. The van der Waals surface area contributed by atoms with E-state index in [1.54, 1.807) is 12.1 Å². The maximum absolute atomic E-state index is 10.9. The van der Waals surface area contributed by atoms with E-state index in [4.69, 9.17) is 5.73 Å². The molecule has 3 N–H and O–H groups in total. The number of carbonyl (C=O) groups is 1. The Balaban J connectivity index is 1.86. The maximum Gasteiger partial charge on any atom is 0.195 e. The zero-order valence-electron chi connectivity index (χ0n) is 12.9. The van der Waals surface area contributed by atoms with Crippen molar-refractivity contribution in [3.8, 4) is 11.4 Å². The van der Waals surface area contributed by atoms with Crippen LogP contribution in [0.3, 0.4) is 0 Å². The summed E-state index contributed by atoms with van der Waals surface area (Å²) in [6.07, 6.45) is 0. The highest BCUT2D eigenvalue weighted by molar-refractivity contribution is 5.87. The normalized spacial score (nSPS) is 10.4. The lowest BCUT2D eigenvalue weighted by atomic mass is 10.1. The Kier molecular flexibility index (Phi) is 4.07. The van der Waals surface area contributed by atoms with E-state index in [1.165, 1.54) is 12.1 Å². The van der Waals surface area contributed by atoms with Crippen molar-refractivity contribution in [3.05, 3.63) is 59.7 Å². The molecule has 24 heavy (non-hydrogen) atoms. The van der Waals surface area contributed by atoms with E-state index in [0.29, 0.717) is 11.5 Å². The zero-order valence-corrected chi connectivity index (χ0v) is 12.9.